The number of hydrogen-bond donors (Lipinski definition) is 2. The van der Waals surface area contributed by atoms with Crippen molar-refractivity contribution in [2.24, 2.45) is 13.0 Å². The lowest BCUT2D eigenvalue weighted by Gasteiger charge is -2.19. The SMILES string of the molecule is C1CCCC1.CCCC.CCCCCC(C)C.CO.COC1=C(c2cc(C(=O)Nc3nc4ccc(C)cc4n3C)cc(C)n2)C(C(F)F)=[N+](C)CC1. The predicted molar refractivity (Wildman–Crippen MR) is 214 cm³/mol. The summed E-state index contributed by atoms with van der Waals surface area (Å²) in [4.78, 5) is 22.1. The zero-order valence-corrected chi connectivity index (χ0v) is 34.0. The number of rotatable bonds is 10. The van der Waals surface area contributed by atoms with Gasteiger partial charge >= 0.3 is 6.43 Å². The van der Waals surface area contributed by atoms with Crippen LogP contribution in [0, 0.1) is 19.8 Å². The van der Waals surface area contributed by atoms with Crippen molar-refractivity contribution in [1.29, 1.82) is 0 Å². The lowest BCUT2D eigenvalue weighted by atomic mass is 9.98. The van der Waals surface area contributed by atoms with Crippen molar-refractivity contribution in [2.75, 3.05) is 33.1 Å². The first-order valence-corrected chi connectivity index (χ1v) is 19.2. The number of allylic oxidation sites excluding steroid dienone is 1. The maximum Gasteiger partial charge on any atom is 0.321 e. The summed E-state index contributed by atoms with van der Waals surface area (Å²) in [6.45, 7) is 15.3. The topological polar surface area (TPSA) is 92.3 Å². The molecule has 0 radical (unpaired) electrons. The summed E-state index contributed by atoms with van der Waals surface area (Å²) in [6, 6.07) is 8.98. The largest absolute Gasteiger partial charge is 0.500 e. The number of imidazole rings is 1. The molecule has 0 bridgehead atoms. The molecule has 2 N–H and O–H groups in total. The summed E-state index contributed by atoms with van der Waals surface area (Å²) < 4.78 is 36.6. The quantitative estimate of drug-likeness (QED) is 0.160. The number of benzene rings is 1. The van der Waals surface area contributed by atoms with Gasteiger partial charge in [-0.1, -0.05) is 111 Å². The molecule has 292 valence electrons. The number of carbonyl (C=O) groups is 1. The number of methoxy groups -OCH3 is 1. The number of pyridine rings is 1. The lowest BCUT2D eigenvalue weighted by Crippen LogP contribution is -2.32. The number of aryl methyl sites for hydroxylation is 3. The van der Waals surface area contributed by atoms with E-state index in [0.717, 1.165) is 29.6 Å². The highest BCUT2D eigenvalue weighted by atomic mass is 19.3. The maximum atomic E-state index is 14.0. The molecule has 0 saturated heterocycles. The molecule has 0 spiro atoms. The third-order valence-electron chi connectivity index (χ3n) is 8.94. The summed E-state index contributed by atoms with van der Waals surface area (Å²) in [7, 11) is 5.90. The van der Waals surface area contributed by atoms with E-state index < -0.39 is 12.3 Å². The number of unbranched alkanes of at least 4 members (excludes halogenated alkanes) is 3. The van der Waals surface area contributed by atoms with E-state index in [1.807, 2.05) is 32.2 Å². The number of amides is 1. The van der Waals surface area contributed by atoms with Gasteiger partial charge < -0.3 is 14.4 Å². The second kappa shape index (κ2) is 25.3. The summed E-state index contributed by atoms with van der Waals surface area (Å²) in [5.74, 6) is 1.32. The Bertz CT molecular complexity index is 1550. The Hall–Kier alpha value is -3.66. The molecule has 2 aliphatic rings. The molecule has 2 aromatic heterocycles. The van der Waals surface area contributed by atoms with Crippen LogP contribution in [0.4, 0.5) is 14.7 Å². The Kier molecular flexibility index (Phi) is 22.6. The summed E-state index contributed by atoms with van der Waals surface area (Å²) in [5.41, 5.74) is 3.93. The van der Waals surface area contributed by atoms with Crippen LogP contribution in [0.2, 0.25) is 0 Å². The second-order valence-electron chi connectivity index (χ2n) is 13.8. The predicted octanol–water partition coefficient (Wildman–Crippen LogP) is 10.5. The van der Waals surface area contributed by atoms with Gasteiger partial charge in [0.2, 0.25) is 5.95 Å². The zero-order chi connectivity index (χ0) is 39.2. The number of nitrogens with zero attached hydrogens (tertiary/aromatic N) is 4. The number of aliphatic hydroxyl groups excluding tert-OH is 1. The van der Waals surface area contributed by atoms with E-state index in [-0.39, 0.29) is 17.0 Å². The van der Waals surface area contributed by atoms with E-state index >= 15 is 0 Å². The molecule has 1 amide bonds. The molecule has 1 fully saturated rings. The van der Waals surface area contributed by atoms with E-state index in [2.05, 4.69) is 49.9 Å². The molecule has 3 heterocycles. The molecule has 1 saturated carbocycles. The minimum atomic E-state index is -2.71. The molecule has 1 aliphatic heterocycles. The van der Waals surface area contributed by atoms with E-state index in [4.69, 9.17) is 9.84 Å². The van der Waals surface area contributed by atoms with Gasteiger partial charge in [-0.3, -0.25) is 15.1 Å². The highest BCUT2D eigenvalue weighted by Crippen LogP contribution is 2.29. The number of anilines is 1. The van der Waals surface area contributed by atoms with Gasteiger partial charge in [-0.05, 0) is 49.6 Å². The minimum Gasteiger partial charge on any atom is -0.500 e. The van der Waals surface area contributed by atoms with Crippen molar-refractivity contribution in [3.63, 3.8) is 0 Å². The monoisotopic (exact) mass is 729 g/mol. The fourth-order valence-electron chi connectivity index (χ4n) is 5.80. The van der Waals surface area contributed by atoms with E-state index in [9.17, 15) is 13.6 Å². The van der Waals surface area contributed by atoms with Crippen molar-refractivity contribution in [2.45, 2.75) is 132 Å². The molecule has 1 aliphatic carbocycles. The highest BCUT2D eigenvalue weighted by Gasteiger charge is 2.36. The van der Waals surface area contributed by atoms with Crippen LogP contribution in [-0.2, 0) is 11.8 Å². The number of aliphatic hydroxyl groups is 1. The molecule has 1 aromatic carbocycles. The molecule has 0 atom stereocenters. The van der Waals surface area contributed by atoms with Crippen molar-refractivity contribution in [3.05, 3.63) is 58.6 Å². The Morgan fingerprint density at radius 1 is 0.962 bits per heavy atom. The van der Waals surface area contributed by atoms with E-state index in [1.54, 1.807) is 24.6 Å². The number of aromatic nitrogens is 3. The molecular formula is C42H68F2N5O3+. The number of alkyl halides is 2. The Morgan fingerprint density at radius 2 is 1.58 bits per heavy atom. The molecule has 8 nitrogen and oxygen atoms in total. The van der Waals surface area contributed by atoms with Gasteiger partial charge in [-0.15, -0.1) is 0 Å². The highest BCUT2D eigenvalue weighted by molar-refractivity contribution is 6.23. The second-order valence-corrected chi connectivity index (χ2v) is 13.8. The lowest BCUT2D eigenvalue weighted by molar-refractivity contribution is -0.500. The van der Waals surface area contributed by atoms with Crippen LogP contribution < -0.4 is 5.32 Å². The minimum absolute atomic E-state index is 0.159. The fourth-order valence-corrected chi connectivity index (χ4v) is 5.80. The van der Waals surface area contributed by atoms with Gasteiger partial charge in [0, 0.05) is 25.4 Å². The van der Waals surface area contributed by atoms with Gasteiger partial charge in [-0.25, -0.2) is 9.56 Å². The molecule has 5 rings (SSSR count). The number of fused-ring (bicyclic) bond motifs is 1. The van der Waals surface area contributed by atoms with E-state index in [1.165, 1.54) is 88.4 Å². The van der Waals surface area contributed by atoms with Crippen molar-refractivity contribution in [3.8, 4) is 0 Å². The molecule has 3 aromatic rings. The Balaban J connectivity index is 0.000000583. The molecular weight excluding hydrogens is 660 g/mol. The molecule has 0 unspecified atom stereocenters. The number of ether oxygens (including phenoxy) is 1. The van der Waals surface area contributed by atoms with Crippen LogP contribution in [0.3, 0.4) is 0 Å². The number of carbonyl (C=O) groups excluding carboxylic acids is 1. The Labute approximate surface area is 312 Å². The van der Waals surface area contributed by atoms with Gasteiger partial charge in [-0.2, -0.15) is 8.78 Å². The van der Waals surface area contributed by atoms with Crippen LogP contribution >= 0.6 is 0 Å². The first kappa shape index (κ1) is 46.4. The van der Waals surface area contributed by atoms with Gasteiger partial charge in [0.1, 0.15) is 24.9 Å². The standard InChI is InChI=1S/C24H25F2N5O2.C8H18.C5H10.C4H10.CH4O/c1-13-6-7-16-18(10-13)31(4)24(28-16)29-23(32)15-11-14(2)27-17(12-15)20-19(33-5)8-9-30(3)21(20)22(25)26;1-4-5-6-7-8(2)3;1-2-4-5-3-1;1-3-4-2;1-2/h6-7,10-12,22H,8-9H2,1-5H3;8H,4-7H2,1-3H3;1-5H2;3-4H2,1-2H3;2H,1H3/p+1. The van der Waals surface area contributed by atoms with Crippen LogP contribution in [-0.4, -0.2) is 70.1 Å². The van der Waals surface area contributed by atoms with Gasteiger partial charge in [0.25, 0.3) is 11.6 Å². The molecule has 10 heteroatoms. The number of nitrogens with one attached hydrogen (secondary N) is 1. The van der Waals surface area contributed by atoms with E-state index in [0.29, 0.717) is 35.9 Å². The normalized spacial score (nSPS) is 13.8. The average Bonchev–Trinajstić information content (AvgIpc) is 3.81. The first-order chi connectivity index (χ1) is 24.9. The summed E-state index contributed by atoms with van der Waals surface area (Å²) >= 11 is 0. The number of halogens is 2. The van der Waals surface area contributed by atoms with Crippen molar-refractivity contribution >= 4 is 34.2 Å². The van der Waals surface area contributed by atoms with Crippen LogP contribution in [0.1, 0.15) is 139 Å². The van der Waals surface area contributed by atoms with Crippen molar-refractivity contribution in [1.82, 2.24) is 14.5 Å². The Morgan fingerprint density at radius 3 is 2.10 bits per heavy atom. The van der Waals surface area contributed by atoms with Gasteiger partial charge in [0.15, 0.2) is 0 Å². The maximum absolute atomic E-state index is 14.0. The van der Waals surface area contributed by atoms with Crippen LogP contribution in [0.5, 0.6) is 0 Å². The fraction of sp³-hybridized carbons (Fsp3) is 0.619. The average molecular weight is 729 g/mol. The summed E-state index contributed by atoms with van der Waals surface area (Å²) in [6.07, 6.45) is 13.5. The van der Waals surface area contributed by atoms with Gasteiger partial charge in [0.05, 0.1) is 30.3 Å². The zero-order valence-electron chi connectivity index (χ0n) is 34.0. The molecule has 52 heavy (non-hydrogen) atoms. The smallest absolute Gasteiger partial charge is 0.321 e. The van der Waals surface area contributed by atoms with Crippen LogP contribution in [0.25, 0.3) is 16.6 Å². The third-order valence-corrected chi connectivity index (χ3v) is 8.94. The third kappa shape index (κ3) is 15.1. The van der Waals surface area contributed by atoms with Crippen molar-refractivity contribution < 1.29 is 28.0 Å². The number of hydrogen-bond acceptors (Lipinski definition) is 5. The summed E-state index contributed by atoms with van der Waals surface area (Å²) in [5, 5.41) is 9.83. The van der Waals surface area contributed by atoms with Crippen LogP contribution in [0.15, 0.2) is 36.1 Å². The first-order valence-electron chi connectivity index (χ1n) is 19.2.